The van der Waals surface area contributed by atoms with Gasteiger partial charge in [0.25, 0.3) is 5.91 Å². The second kappa shape index (κ2) is 7.51. The third-order valence-electron chi connectivity index (χ3n) is 4.40. The Hall–Kier alpha value is -3.88. The zero-order valence-corrected chi connectivity index (χ0v) is 15.6. The van der Waals surface area contributed by atoms with Crippen LogP contribution in [0.1, 0.15) is 15.9 Å². The van der Waals surface area contributed by atoms with Crippen LogP contribution in [-0.4, -0.2) is 27.6 Å². The molecule has 0 unspecified atom stereocenters. The van der Waals surface area contributed by atoms with Crippen LogP contribution in [0, 0.1) is 0 Å². The number of ether oxygens (including phenoxy) is 1. The van der Waals surface area contributed by atoms with Gasteiger partial charge in [-0.3, -0.25) is 4.79 Å². The Kier molecular flexibility index (Phi) is 4.86. The Labute approximate surface area is 168 Å². The lowest BCUT2D eigenvalue weighted by Gasteiger charge is -2.09. The van der Waals surface area contributed by atoms with E-state index in [2.05, 4.69) is 15.4 Å². The van der Waals surface area contributed by atoms with E-state index in [0.717, 1.165) is 29.8 Å². The van der Waals surface area contributed by atoms with E-state index in [1.807, 2.05) is 6.07 Å². The number of alkyl halides is 3. The van der Waals surface area contributed by atoms with Gasteiger partial charge < -0.3 is 10.1 Å². The first kappa shape index (κ1) is 19.4. The lowest BCUT2D eigenvalue weighted by atomic mass is 10.1. The zero-order chi connectivity index (χ0) is 21.3. The highest BCUT2D eigenvalue weighted by Crippen LogP contribution is 2.29. The highest BCUT2D eigenvalue weighted by Gasteiger charge is 2.30. The van der Waals surface area contributed by atoms with E-state index in [-0.39, 0.29) is 5.56 Å². The van der Waals surface area contributed by atoms with Crippen molar-refractivity contribution in [2.45, 2.75) is 6.18 Å². The monoisotopic (exact) mass is 412 g/mol. The third kappa shape index (κ3) is 3.95. The quantitative estimate of drug-likeness (QED) is 0.529. The molecule has 2 aromatic carbocycles. The number of benzene rings is 2. The number of nitrogens with zero attached hydrogens (tertiary/aromatic N) is 3. The third-order valence-corrected chi connectivity index (χ3v) is 4.40. The summed E-state index contributed by atoms with van der Waals surface area (Å²) in [5.41, 5.74) is 1.81. The minimum atomic E-state index is -4.45. The minimum absolute atomic E-state index is 0.123. The van der Waals surface area contributed by atoms with E-state index < -0.39 is 17.6 Å². The number of anilines is 1. The summed E-state index contributed by atoms with van der Waals surface area (Å²) in [6.07, 6.45) is -2.72. The number of hydrogen-bond donors (Lipinski definition) is 1. The van der Waals surface area contributed by atoms with E-state index in [0.29, 0.717) is 22.9 Å². The van der Waals surface area contributed by atoms with Crippen LogP contribution in [0.15, 0.2) is 66.9 Å². The average Bonchev–Trinajstić information content (AvgIpc) is 3.16. The molecule has 2 heterocycles. The SMILES string of the molecule is COc1ccc2nc(-c3cccc(NC(=O)c4ccc(C(F)(F)F)cc4)c3)cn2n1. The molecule has 9 heteroatoms. The first-order valence-electron chi connectivity index (χ1n) is 8.83. The van der Waals surface area contributed by atoms with E-state index in [4.69, 9.17) is 4.74 Å². The number of carbonyl (C=O) groups is 1. The molecular weight excluding hydrogens is 397 g/mol. The van der Waals surface area contributed by atoms with Crippen molar-refractivity contribution in [3.05, 3.63) is 78.0 Å². The number of hydrogen-bond acceptors (Lipinski definition) is 4. The fraction of sp³-hybridized carbons (Fsp3) is 0.0952. The standard InChI is InChI=1S/C21H15F3N4O2/c1-30-19-10-9-18-26-17(12-28(18)27-19)14-3-2-4-16(11-14)25-20(29)13-5-7-15(8-6-13)21(22,23)24/h2-12H,1H3,(H,25,29). The van der Waals surface area contributed by atoms with E-state index in [9.17, 15) is 18.0 Å². The summed E-state index contributed by atoms with van der Waals surface area (Å²) in [6.45, 7) is 0. The molecule has 2 aromatic heterocycles. The maximum Gasteiger partial charge on any atom is 0.416 e. The molecule has 4 aromatic rings. The van der Waals surface area contributed by atoms with Crippen molar-refractivity contribution in [1.82, 2.24) is 14.6 Å². The van der Waals surface area contributed by atoms with Crippen molar-refractivity contribution in [3.8, 4) is 17.1 Å². The molecule has 0 aliphatic rings. The Morgan fingerprint density at radius 3 is 2.53 bits per heavy atom. The highest BCUT2D eigenvalue weighted by molar-refractivity contribution is 6.04. The molecule has 152 valence electrons. The van der Waals surface area contributed by atoms with Crippen LogP contribution >= 0.6 is 0 Å². The predicted molar refractivity (Wildman–Crippen MR) is 104 cm³/mol. The molecule has 0 atom stereocenters. The summed E-state index contributed by atoms with van der Waals surface area (Å²) in [7, 11) is 1.52. The topological polar surface area (TPSA) is 68.5 Å². The number of halogens is 3. The fourth-order valence-corrected chi connectivity index (χ4v) is 2.88. The lowest BCUT2D eigenvalue weighted by Crippen LogP contribution is -2.12. The van der Waals surface area contributed by atoms with Gasteiger partial charge in [-0.05, 0) is 42.5 Å². The van der Waals surface area contributed by atoms with Crippen molar-refractivity contribution in [1.29, 1.82) is 0 Å². The molecule has 0 bridgehead atoms. The fourth-order valence-electron chi connectivity index (χ4n) is 2.88. The molecule has 0 aliphatic carbocycles. The lowest BCUT2D eigenvalue weighted by molar-refractivity contribution is -0.137. The van der Waals surface area contributed by atoms with Gasteiger partial charge in [-0.1, -0.05) is 12.1 Å². The van der Waals surface area contributed by atoms with Gasteiger partial charge in [0.2, 0.25) is 5.88 Å². The molecule has 0 saturated carbocycles. The summed E-state index contributed by atoms with van der Waals surface area (Å²) >= 11 is 0. The Morgan fingerprint density at radius 1 is 1.07 bits per heavy atom. The van der Waals surface area contributed by atoms with Crippen molar-refractivity contribution >= 4 is 17.2 Å². The molecule has 0 radical (unpaired) electrons. The Balaban J connectivity index is 1.55. The number of rotatable bonds is 4. The molecule has 0 saturated heterocycles. The number of aromatic nitrogens is 3. The smallest absolute Gasteiger partial charge is 0.416 e. The van der Waals surface area contributed by atoms with Crippen molar-refractivity contribution in [2.75, 3.05) is 12.4 Å². The second-order valence-corrected chi connectivity index (χ2v) is 6.41. The normalized spacial score (nSPS) is 11.5. The summed E-state index contributed by atoms with van der Waals surface area (Å²) in [4.78, 5) is 16.9. The Morgan fingerprint density at radius 2 is 1.83 bits per heavy atom. The van der Waals surface area contributed by atoms with Gasteiger partial charge in [-0.2, -0.15) is 13.2 Å². The van der Waals surface area contributed by atoms with E-state index in [1.54, 1.807) is 41.0 Å². The molecule has 4 rings (SSSR count). The molecule has 0 aliphatic heterocycles. The Bertz CT molecular complexity index is 1220. The zero-order valence-electron chi connectivity index (χ0n) is 15.6. The number of fused-ring (bicyclic) bond motifs is 1. The van der Waals surface area contributed by atoms with Gasteiger partial charge in [-0.15, -0.1) is 5.10 Å². The molecule has 1 amide bonds. The summed E-state index contributed by atoms with van der Waals surface area (Å²) in [5.74, 6) is -0.0636. The van der Waals surface area contributed by atoms with Crippen molar-refractivity contribution in [2.24, 2.45) is 0 Å². The van der Waals surface area contributed by atoms with Crippen LogP contribution in [0.25, 0.3) is 16.9 Å². The number of nitrogens with one attached hydrogen (secondary N) is 1. The predicted octanol–water partition coefficient (Wildman–Crippen LogP) is 4.68. The van der Waals surface area contributed by atoms with Gasteiger partial charge in [0.15, 0.2) is 5.65 Å². The average molecular weight is 412 g/mol. The molecule has 30 heavy (non-hydrogen) atoms. The van der Waals surface area contributed by atoms with Crippen molar-refractivity contribution < 1.29 is 22.7 Å². The maximum atomic E-state index is 12.7. The summed E-state index contributed by atoms with van der Waals surface area (Å²) in [6, 6.07) is 14.5. The second-order valence-electron chi connectivity index (χ2n) is 6.41. The molecule has 6 nitrogen and oxygen atoms in total. The van der Waals surface area contributed by atoms with E-state index >= 15 is 0 Å². The molecule has 0 spiro atoms. The van der Waals surface area contributed by atoms with Crippen LogP contribution in [0.4, 0.5) is 18.9 Å². The number of imidazole rings is 1. The summed E-state index contributed by atoms with van der Waals surface area (Å²) in [5, 5.41) is 6.94. The van der Waals surface area contributed by atoms with Gasteiger partial charge in [0.05, 0.1) is 24.6 Å². The largest absolute Gasteiger partial charge is 0.480 e. The first-order chi connectivity index (χ1) is 14.3. The van der Waals surface area contributed by atoms with Crippen LogP contribution in [0.3, 0.4) is 0 Å². The van der Waals surface area contributed by atoms with Crippen molar-refractivity contribution in [3.63, 3.8) is 0 Å². The summed E-state index contributed by atoms with van der Waals surface area (Å²) < 4.78 is 44.7. The first-order valence-corrected chi connectivity index (χ1v) is 8.83. The van der Waals surface area contributed by atoms with Gasteiger partial charge >= 0.3 is 6.18 Å². The van der Waals surface area contributed by atoms with Gasteiger partial charge in [-0.25, -0.2) is 9.50 Å². The number of methoxy groups -OCH3 is 1. The number of amides is 1. The molecule has 0 fully saturated rings. The van der Waals surface area contributed by atoms with Gasteiger partial charge in [0, 0.05) is 22.9 Å². The van der Waals surface area contributed by atoms with Crippen LogP contribution in [0.2, 0.25) is 0 Å². The van der Waals surface area contributed by atoms with Crippen LogP contribution < -0.4 is 10.1 Å². The number of carbonyl (C=O) groups excluding carboxylic acids is 1. The molecular formula is C21H15F3N4O2. The van der Waals surface area contributed by atoms with Gasteiger partial charge in [0.1, 0.15) is 0 Å². The maximum absolute atomic E-state index is 12.7. The molecule has 1 N–H and O–H groups in total. The highest BCUT2D eigenvalue weighted by atomic mass is 19.4. The van der Waals surface area contributed by atoms with Crippen LogP contribution in [-0.2, 0) is 6.18 Å². The van der Waals surface area contributed by atoms with Crippen LogP contribution in [0.5, 0.6) is 5.88 Å². The minimum Gasteiger partial charge on any atom is -0.480 e. The van der Waals surface area contributed by atoms with E-state index in [1.165, 1.54) is 7.11 Å².